The molecule has 0 saturated carbocycles. The Morgan fingerprint density at radius 2 is 1.86 bits per heavy atom. The number of rotatable bonds is 8. The highest BCUT2D eigenvalue weighted by Crippen LogP contribution is 2.08. The summed E-state index contributed by atoms with van der Waals surface area (Å²) in [6, 6.07) is 0.507. The maximum Gasteiger partial charge on any atom is 0.0622 e. The molecule has 0 aromatic rings. The van der Waals surface area contributed by atoms with Crippen LogP contribution in [0.4, 0.5) is 0 Å². The Hall–Kier alpha value is -0.0800. The van der Waals surface area contributed by atoms with Crippen molar-refractivity contribution in [2.45, 2.75) is 46.6 Å². The van der Waals surface area contributed by atoms with Gasteiger partial charge in [0.2, 0.25) is 0 Å². The topological polar surface area (TPSA) is 21.3 Å². The zero-order valence-corrected chi connectivity index (χ0v) is 10.5. The SMILES string of the molecule is CCC(C)C(COCCC(C)C)NC. The second-order valence-corrected chi connectivity index (χ2v) is 4.54. The summed E-state index contributed by atoms with van der Waals surface area (Å²) in [7, 11) is 2.02. The Balaban J connectivity index is 3.52. The maximum atomic E-state index is 5.66. The minimum atomic E-state index is 0.507. The van der Waals surface area contributed by atoms with Crippen molar-refractivity contribution in [2.75, 3.05) is 20.3 Å². The fourth-order valence-corrected chi connectivity index (χ4v) is 1.35. The van der Waals surface area contributed by atoms with Crippen LogP contribution in [-0.4, -0.2) is 26.3 Å². The Morgan fingerprint density at radius 1 is 1.21 bits per heavy atom. The molecule has 0 amide bonds. The van der Waals surface area contributed by atoms with Crippen LogP contribution in [-0.2, 0) is 4.74 Å². The van der Waals surface area contributed by atoms with E-state index in [2.05, 4.69) is 33.0 Å². The molecule has 0 aliphatic carbocycles. The Bertz CT molecular complexity index is 125. The van der Waals surface area contributed by atoms with Crippen molar-refractivity contribution in [3.63, 3.8) is 0 Å². The monoisotopic (exact) mass is 201 g/mol. The van der Waals surface area contributed by atoms with Crippen LogP contribution < -0.4 is 5.32 Å². The molecule has 86 valence electrons. The van der Waals surface area contributed by atoms with E-state index in [1.807, 2.05) is 7.05 Å². The van der Waals surface area contributed by atoms with Crippen molar-refractivity contribution >= 4 is 0 Å². The lowest BCUT2D eigenvalue weighted by Crippen LogP contribution is -2.36. The lowest BCUT2D eigenvalue weighted by atomic mass is 10.0. The van der Waals surface area contributed by atoms with Crippen molar-refractivity contribution in [2.24, 2.45) is 11.8 Å². The Labute approximate surface area is 89.4 Å². The van der Waals surface area contributed by atoms with Crippen LogP contribution in [0.2, 0.25) is 0 Å². The van der Waals surface area contributed by atoms with Crippen molar-refractivity contribution in [3.8, 4) is 0 Å². The van der Waals surface area contributed by atoms with Crippen LogP contribution >= 0.6 is 0 Å². The summed E-state index contributed by atoms with van der Waals surface area (Å²) < 4.78 is 5.66. The number of hydrogen-bond donors (Lipinski definition) is 1. The Morgan fingerprint density at radius 3 is 2.29 bits per heavy atom. The van der Waals surface area contributed by atoms with Gasteiger partial charge < -0.3 is 10.1 Å². The van der Waals surface area contributed by atoms with Gasteiger partial charge in [-0.3, -0.25) is 0 Å². The van der Waals surface area contributed by atoms with Crippen LogP contribution in [0.5, 0.6) is 0 Å². The lowest BCUT2D eigenvalue weighted by molar-refractivity contribution is 0.0896. The highest BCUT2D eigenvalue weighted by atomic mass is 16.5. The van der Waals surface area contributed by atoms with E-state index in [1.165, 1.54) is 6.42 Å². The summed E-state index contributed by atoms with van der Waals surface area (Å²) in [5, 5.41) is 3.32. The molecule has 2 heteroatoms. The van der Waals surface area contributed by atoms with E-state index in [4.69, 9.17) is 4.74 Å². The van der Waals surface area contributed by atoms with E-state index < -0.39 is 0 Å². The molecule has 2 unspecified atom stereocenters. The van der Waals surface area contributed by atoms with Gasteiger partial charge in [0.15, 0.2) is 0 Å². The molecule has 0 aliphatic rings. The largest absolute Gasteiger partial charge is 0.380 e. The normalized spacial score (nSPS) is 15.9. The first kappa shape index (κ1) is 13.9. The van der Waals surface area contributed by atoms with Gasteiger partial charge in [0.1, 0.15) is 0 Å². The molecule has 14 heavy (non-hydrogen) atoms. The van der Waals surface area contributed by atoms with Gasteiger partial charge in [0, 0.05) is 12.6 Å². The fraction of sp³-hybridized carbons (Fsp3) is 1.00. The highest BCUT2D eigenvalue weighted by Gasteiger charge is 2.13. The fourth-order valence-electron chi connectivity index (χ4n) is 1.35. The number of nitrogens with one attached hydrogen (secondary N) is 1. The minimum absolute atomic E-state index is 0.507. The van der Waals surface area contributed by atoms with Crippen LogP contribution in [0.3, 0.4) is 0 Å². The number of likely N-dealkylation sites (N-methyl/N-ethyl adjacent to an activating group) is 1. The van der Waals surface area contributed by atoms with Gasteiger partial charge in [-0.25, -0.2) is 0 Å². The van der Waals surface area contributed by atoms with E-state index in [0.29, 0.717) is 12.0 Å². The van der Waals surface area contributed by atoms with Gasteiger partial charge >= 0.3 is 0 Å². The van der Waals surface area contributed by atoms with E-state index in [9.17, 15) is 0 Å². The predicted octanol–water partition coefficient (Wildman–Crippen LogP) is 2.68. The van der Waals surface area contributed by atoms with Gasteiger partial charge in [-0.2, -0.15) is 0 Å². The molecule has 0 fully saturated rings. The molecule has 0 aromatic heterocycles. The first-order valence-corrected chi connectivity index (χ1v) is 5.86. The standard InChI is InChI=1S/C12H27NO/c1-6-11(4)12(13-5)9-14-8-7-10(2)3/h10-13H,6-9H2,1-5H3. The Kier molecular flexibility index (Phi) is 8.20. The first-order chi connectivity index (χ1) is 6.61. The van der Waals surface area contributed by atoms with Gasteiger partial charge in [-0.05, 0) is 25.3 Å². The second-order valence-electron chi connectivity index (χ2n) is 4.54. The summed E-state index contributed by atoms with van der Waals surface area (Å²) in [5.74, 6) is 1.44. The zero-order chi connectivity index (χ0) is 11.0. The number of hydrogen-bond acceptors (Lipinski definition) is 2. The van der Waals surface area contributed by atoms with Crippen LogP contribution in [0.1, 0.15) is 40.5 Å². The molecule has 0 bridgehead atoms. The third-order valence-corrected chi connectivity index (χ3v) is 2.84. The predicted molar refractivity (Wildman–Crippen MR) is 62.6 cm³/mol. The molecule has 0 aromatic carbocycles. The van der Waals surface area contributed by atoms with E-state index in [1.54, 1.807) is 0 Å². The highest BCUT2D eigenvalue weighted by molar-refractivity contribution is 4.69. The van der Waals surface area contributed by atoms with Crippen molar-refractivity contribution in [3.05, 3.63) is 0 Å². The quantitative estimate of drug-likeness (QED) is 0.610. The van der Waals surface area contributed by atoms with Crippen molar-refractivity contribution in [1.82, 2.24) is 5.32 Å². The molecule has 0 radical (unpaired) electrons. The summed E-state index contributed by atoms with van der Waals surface area (Å²) >= 11 is 0. The molecule has 0 heterocycles. The molecule has 2 atom stereocenters. The molecule has 1 N–H and O–H groups in total. The van der Waals surface area contributed by atoms with Crippen molar-refractivity contribution in [1.29, 1.82) is 0 Å². The van der Waals surface area contributed by atoms with Crippen LogP contribution in [0, 0.1) is 11.8 Å². The maximum absolute atomic E-state index is 5.66. The average molecular weight is 201 g/mol. The molecule has 0 spiro atoms. The first-order valence-electron chi connectivity index (χ1n) is 5.86. The summed E-state index contributed by atoms with van der Waals surface area (Å²) in [6.45, 7) is 10.7. The zero-order valence-electron chi connectivity index (χ0n) is 10.5. The van der Waals surface area contributed by atoms with Crippen LogP contribution in [0.15, 0.2) is 0 Å². The average Bonchev–Trinajstić information content (AvgIpc) is 2.16. The summed E-state index contributed by atoms with van der Waals surface area (Å²) in [5.41, 5.74) is 0. The third-order valence-electron chi connectivity index (χ3n) is 2.84. The van der Waals surface area contributed by atoms with Crippen LogP contribution in [0.25, 0.3) is 0 Å². The van der Waals surface area contributed by atoms with E-state index >= 15 is 0 Å². The number of ether oxygens (including phenoxy) is 1. The molecular weight excluding hydrogens is 174 g/mol. The summed E-state index contributed by atoms with van der Waals surface area (Å²) in [4.78, 5) is 0. The molecule has 2 nitrogen and oxygen atoms in total. The lowest BCUT2D eigenvalue weighted by Gasteiger charge is -2.22. The summed E-state index contributed by atoms with van der Waals surface area (Å²) in [6.07, 6.45) is 2.37. The van der Waals surface area contributed by atoms with E-state index in [0.717, 1.165) is 25.6 Å². The smallest absolute Gasteiger partial charge is 0.0622 e. The molecule has 0 rings (SSSR count). The van der Waals surface area contributed by atoms with Gasteiger partial charge in [0.25, 0.3) is 0 Å². The molecular formula is C12H27NO. The second kappa shape index (κ2) is 8.25. The minimum Gasteiger partial charge on any atom is -0.380 e. The van der Waals surface area contributed by atoms with Crippen molar-refractivity contribution < 1.29 is 4.74 Å². The van der Waals surface area contributed by atoms with E-state index in [-0.39, 0.29) is 0 Å². The van der Waals surface area contributed by atoms with Gasteiger partial charge in [0.05, 0.1) is 6.61 Å². The van der Waals surface area contributed by atoms with Gasteiger partial charge in [-0.15, -0.1) is 0 Å². The molecule has 0 saturated heterocycles. The van der Waals surface area contributed by atoms with Gasteiger partial charge in [-0.1, -0.05) is 34.1 Å². The molecule has 0 aliphatic heterocycles. The third kappa shape index (κ3) is 6.39.